The average Bonchev–Trinajstić information content (AvgIpc) is 3.01. The first-order valence-electron chi connectivity index (χ1n) is 6.78. The molecule has 4 heterocycles. The minimum Gasteiger partial charge on any atom is -0.506 e. The van der Waals surface area contributed by atoms with E-state index in [-0.39, 0.29) is 5.75 Å². The van der Waals surface area contributed by atoms with Crippen molar-refractivity contribution >= 4 is 17.1 Å². The molecule has 0 aromatic carbocycles. The predicted octanol–water partition coefficient (Wildman–Crippen LogP) is 1.97. The molecule has 4 rings (SSSR count). The van der Waals surface area contributed by atoms with Crippen LogP contribution in [0.3, 0.4) is 0 Å². The van der Waals surface area contributed by atoms with E-state index in [0.717, 1.165) is 36.5 Å². The maximum Gasteiger partial charge on any atom is 0.143 e. The maximum atomic E-state index is 10.2. The molecule has 21 heavy (non-hydrogen) atoms. The fourth-order valence-corrected chi connectivity index (χ4v) is 3.08. The molecule has 0 saturated carbocycles. The number of nitrogens with one attached hydrogen (secondary N) is 1. The van der Waals surface area contributed by atoms with E-state index >= 15 is 0 Å². The van der Waals surface area contributed by atoms with Crippen LogP contribution in [0.4, 0.5) is 0 Å². The third kappa shape index (κ3) is 1.83. The van der Waals surface area contributed by atoms with E-state index in [4.69, 9.17) is 11.6 Å². The zero-order chi connectivity index (χ0) is 14.6. The minimum absolute atomic E-state index is 0.110. The Morgan fingerprint density at radius 3 is 3.10 bits per heavy atom. The van der Waals surface area contributed by atoms with E-state index < -0.39 is 0 Å². The first kappa shape index (κ1) is 12.7. The second-order valence-electron chi connectivity index (χ2n) is 5.22. The Morgan fingerprint density at radius 2 is 2.29 bits per heavy atom. The van der Waals surface area contributed by atoms with Crippen LogP contribution in [0.5, 0.6) is 5.75 Å². The van der Waals surface area contributed by atoms with Crippen molar-refractivity contribution in [3.8, 4) is 17.0 Å². The van der Waals surface area contributed by atoms with E-state index in [9.17, 15) is 5.11 Å². The van der Waals surface area contributed by atoms with Crippen LogP contribution < -0.4 is 5.32 Å². The topological polar surface area (TPSA) is 67.4 Å². The van der Waals surface area contributed by atoms with Gasteiger partial charge in [0.1, 0.15) is 11.3 Å². The Morgan fingerprint density at radius 1 is 1.43 bits per heavy atom. The van der Waals surface area contributed by atoms with Gasteiger partial charge < -0.3 is 10.4 Å². The van der Waals surface area contributed by atoms with E-state index in [0.29, 0.717) is 10.5 Å². The van der Waals surface area contributed by atoms with Crippen molar-refractivity contribution < 1.29 is 5.11 Å². The van der Waals surface area contributed by atoms with Crippen LogP contribution in [-0.4, -0.2) is 31.0 Å². The highest BCUT2D eigenvalue weighted by atomic mass is 35.5. The summed E-state index contributed by atoms with van der Waals surface area (Å²) in [6, 6.07) is 1.69. The summed E-state index contributed by atoms with van der Waals surface area (Å²) in [4.78, 5) is 0. The van der Waals surface area contributed by atoms with Gasteiger partial charge in [-0.1, -0.05) is 11.6 Å². The lowest BCUT2D eigenvalue weighted by molar-refractivity contribution is 0.474. The van der Waals surface area contributed by atoms with Crippen molar-refractivity contribution in [1.82, 2.24) is 24.7 Å². The van der Waals surface area contributed by atoms with Crippen molar-refractivity contribution in [2.75, 3.05) is 6.54 Å². The zero-order valence-corrected chi connectivity index (χ0v) is 12.2. The Hall–Kier alpha value is -2.05. The number of hydrogen-bond acceptors (Lipinski definition) is 4. The summed E-state index contributed by atoms with van der Waals surface area (Å²) in [7, 11) is 0. The molecule has 0 radical (unpaired) electrons. The SMILES string of the molecule is Cc1c(-c2cc(O)c3c(Cl)cnn3c2)nn2c1CNCC2. The summed E-state index contributed by atoms with van der Waals surface area (Å²) in [6.45, 7) is 4.66. The first-order chi connectivity index (χ1) is 10.1. The van der Waals surface area contributed by atoms with Crippen molar-refractivity contribution in [3.05, 3.63) is 34.7 Å². The molecule has 1 aliphatic heterocycles. The molecule has 0 atom stereocenters. The Balaban J connectivity index is 1.92. The van der Waals surface area contributed by atoms with Crippen LogP contribution in [0.1, 0.15) is 11.3 Å². The summed E-state index contributed by atoms with van der Waals surface area (Å²) in [5.41, 5.74) is 4.54. The van der Waals surface area contributed by atoms with Gasteiger partial charge in [-0.25, -0.2) is 4.52 Å². The number of pyridine rings is 1. The highest BCUT2D eigenvalue weighted by Gasteiger charge is 2.19. The third-order valence-corrected chi connectivity index (χ3v) is 4.21. The molecule has 0 spiro atoms. The van der Waals surface area contributed by atoms with Gasteiger partial charge in [-0.15, -0.1) is 0 Å². The van der Waals surface area contributed by atoms with Crippen LogP contribution in [0.15, 0.2) is 18.5 Å². The number of halogens is 1. The normalized spacial score (nSPS) is 14.6. The van der Waals surface area contributed by atoms with Gasteiger partial charge in [-0.3, -0.25) is 4.68 Å². The standard InChI is InChI=1S/C14H14ClN5O/c1-8-11-6-16-2-3-19(11)18-13(8)9-4-12(21)14-10(15)5-17-20(14)7-9/h4-5,7,16,21H,2-3,6H2,1H3. The van der Waals surface area contributed by atoms with Crippen LogP contribution in [-0.2, 0) is 13.1 Å². The van der Waals surface area contributed by atoms with Crippen molar-refractivity contribution in [2.45, 2.75) is 20.0 Å². The molecule has 0 bridgehead atoms. The number of nitrogens with zero attached hydrogens (tertiary/aromatic N) is 4. The van der Waals surface area contributed by atoms with Crippen LogP contribution in [0.25, 0.3) is 16.8 Å². The Labute approximate surface area is 126 Å². The number of rotatable bonds is 1. The minimum atomic E-state index is 0.110. The molecule has 2 N–H and O–H groups in total. The second-order valence-corrected chi connectivity index (χ2v) is 5.63. The molecule has 1 aliphatic rings. The largest absolute Gasteiger partial charge is 0.506 e. The molecule has 7 heteroatoms. The molecule has 3 aromatic rings. The molecule has 0 aliphatic carbocycles. The van der Waals surface area contributed by atoms with Crippen LogP contribution >= 0.6 is 11.6 Å². The average molecular weight is 304 g/mol. The summed E-state index contributed by atoms with van der Waals surface area (Å²) in [5.74, 6) is 0.110. The predicted molar refractivity (Wildman–Crippen MR) is 79.5 cm³/mol. The lowest BCUT2D eigenvalue weighted by Gasteiger charge is -2.14. The molecular formula is C14H14ClN5O. The van der Waals surface area contributed by atoms with Gasteiger partial charge in [0.2, 0.25) is 0 Å². The summed E-state index contributed by atoms with van der Waals surface area (Å²) in [5, 5.41) is 22.8. The zero-order valence-electron chi connectivity index (χ0n) is 11.5. The summed E-state index contributed by atoms with van der Waals surface area (Å²) in [6.07, 6.45) is 3.37. The molecule has 108 valence electrons. The van der Waals surface area contributed by atoms with Gasteiger partial charge >= 0.3 is 0 Å². The van der Waals surface area contributed by atoms with Gasteiger partial charge in [0, 0.05) is 24.8 Å². The fraction of sp³-hybridized carbons (Fsp3) is 0.286. The number of hydrogen-bond donors (Lipinski definition) is 2. The fourth-order valence-electron chi connectivity index (χ4n) is 2.85. The van der Waals surface area contributed by atoms with Gasteiger partial charge in [-0.05, 0) is 18.6 Å². The molecule has 0 amide bonds. The van der Waals surface area contributed by atoms with Gasteiger partial charge in [-0.2, -0.15) is 10.2 Å². The summed E-state index contributed by atoms with van der Waals surface area (Å²) >= 11 is 6.02. The second kappa shape index (κ2) is 4.47. The number of fused-ring (bicyclic) bond motifs is 2. The van der Waals surface area contributed by atoms with Crippen molar-refractivity contribution in [2.24, 2.45) is 0 Å². The Kier molecular flexibility index (Phi) is 2.70. The molecule has 6 nitrogen and oxygen atoms in total. The van der Waals surface area contributed by atoms with E-state index in [1.807, 2.05) is 10.9 Å². The van der Waals surface area contributed by atoms with Gasteiger partial charge in [0.05, 0.1) is 29.2 Å². The summed E-state index contributed by atoms with van der Waals surface area (Å²) < 4.78 is 3.61. The van der Waals surface area contributed by atoms with Crippen molar-refractivity contribution in [1.29, 1.82) is 0 Å². The van der Waals surface area contributed by atoms with Crippen LogP contribution in [0, 0.1) is 6.92 Å². The van der Waals surface area contributed by atoms with Crippen LogP contribution in [0.2, 0.25) is 5.02 Å². The lowest BCUT2D eigenvalue weighted by atomic mass is 10.1. The molecule has 3 aromatic heterocycles. The highest BCUT2D eigenvalue weighted by Crippen LogP contribution is 2.32. The quantitative estimate of drug-likeness (QED) is 0.721. The van der Waals surface area contributed by atoms with Gasteiger partial charge in [0.15, 0.2) is 0 Å². The number of aromatic hydroxyl groups is 1. The van der Waals surface area contributed by atoms with E-state index in [1.54, 1.807) is 10.6 Å². The molecule has 0 saturated heterocycles. The van der Waals surface area contributed by atoms with E-state index in [2.05, 4.69) is 22.4 Å². The molecule has 0 unspecified atom stereocenters. The van der Waals surface area contributed by atoms with Gasteiger partial charge in [0.25, 0.3) is 0 Å². The van der Waals surface area contributed by atoms with E-state index in [1.165, 1.54) is 11.9 Å². The molecule has 0 fully saturated rings. The highest BCUT2D eigenvalue weighted by molar-refractivity contribution is 6.34. The third-order valence-electron chi connectivity index (χ3n) is 3.93. The Bertz CT molecular complexity index is 851. The number of aromatic nitrogens is 4. The smallest absolute Gasteiger partial charge is 0.143 e. The van der Waals surface area contributed by atoms with Crippen molar-refractivity contribution in [3.63, 3.8) is 0 Å². The molecular weight excluding hydrogens is 290 g/mol. The lowest BCUT2D eigenvalue weighted by Crippen LogP contribution is -2.28. The monoisotopic (exact) mass is 303 g/mol. The first-order valence-corrected chi connectivity index (χ1v) is 7.16. The maximum absolute atomic E-state index is 10.2.